The molecule has 1 aromatic heterocycles. The number of aliphatic carboxylic acids is 1. The molecule has 0 saturated heterocycles. The number of carbonyl (C=O) groups is 2. The van der Waals surface area contributed by atoms with Crippen LogP contribution in [0.2, 0.25) is 0 Å². The third kappa shape index (κ3) is 3.30. The van der Waals surface area contributed by atoms with Gasteiger partial charge in [0, 0.05) is 12.8 Å². The quantitative estimate of drug-likeness (QED) is 0.762. The first kappa shape index (κ1) is 10.9. The molecule has 1 atom stereocenters. The lowest BCUT2D eigenvalue weighted by atomic mass is 10.0. The van der Waals surface area contributed by atoms with Gasteiger partial charge in [-0.25, -0.2) is 0 Å². The zero-order valence-corrected chi connectivity index (χ0v) is 8.71. The summed E-state index contributed by atoms with van der Waals surface area (Å²) in [5.41, 5.74) is 0. The SMILES string of the molecule is CC(CC(=O)O)CC(=O)c1cccs1. The maximum atomic E-state index is 11.5. The van der Waals surface area contributed by atoms with Gasteiger partial charge in [0.2, 0.25) is 0 Å². The van der Waals surface area contributed by atoms with E-state index in [1.54, 1.807) is 13.0 Å². The minimum absolute atomic E-state index is 0.0359. The number of hydrogen-bond donors (Lipinski definition) is 1. The molecule has 4 heteroatoms. The normalized spacial score (nSPS) is 12.4. The molecule has 1 rings (SSSR count). The second-order valence-electron chi connectivity index (χ2n) is 3.31. The van der Waals surface area contributed by atoms with Gasteiger partial charge in [-0.15, -0.1) is 11.3 Å². The molecule has 14 heavy (non-hydrogen) atoms. The Morgan fingerprint density at radius 1 is 1.50 bits per heavy atom. The van der Waals surface area contributed by atoms with Crippen molar-refractivity contribution in [2.24, 2.45) is 5.92 Å². The predicted octanol–water partition coefficient (Wildman–Crippen LogP) is 2.43. The summed E-state index contributed by atoms with van der Waals surface area (Å²) in [5.74, 6) is -0.910. The molecular weight excluding hydrogens is 200 g/mol. The highest BCUT2D eigenvalue weighted by atomic mass is 32.1. The van der Waals surface area contributed by atoms with Crippen molar-refractivity contribution in [3.8, 4) is 0 Å². The molecule has 0 aliphatic carbocycles. The highest BCUT2D eigenvalue weighted by Gasteiger charge is 2.14. The highest BCUT2D eigenvalue weighted by molar-refractivity contribution is 7.12. The lowest BCUT2D eigenvalue weighted by Crippen LogP contribution is -2.09. The molecule has 0 aliphatic rings. The number of ketones is 1. The predicted molar refractivity (Wildman–Crippen MR) is 54.7 cm³/mol. The van der Waals surface area contributed by atoms with Crippen LogP contribution < -0.4 is 0 Å². The molecule has 0 radical (unpaired) electrons. The Labute approximate surface area is 86.4 Å². The van der Waals surface area contributed by atoms with Gasteiger partial charge in [0.15, 0.2) is 5.78 Å². The van der Waals surface area contributed by atoms with Crippen molar-refractivity contribution in [2.75, 3.05) is 0 Å². The van der Waals surface area contributed by atoms with Crippen LogP contribution in [0.15, 0.2) is 17.5 Å². The van der Waals surface area contributed by atoms with Gasteiger partial charge in [-0.3, -0.25) is 9.59 Å². The number of hydrogen-bond acceptors (Lipinski definition) is 3. The Kier molecular flexibility index (Phi) is 3.83. The van der Waals surface area contributed by atoms with Crippen LogP contribution in [0.1, 0.15) is 29.4 Å². The summed E-state index contributed by atoms with van der Waals surface area (Å²) in [7, 11) is 0. The van der Waals surface area contributed by atoms with Crippen LogP contribution in [0.25, 0.3) is 0 Å². The molecular formula is C10H12O3S. The van der Waals surface area contributed by atoms with Gasteiger partial charge in [0.05, 0.1) is 4.88 Å². The van der Waals surface area contributed by atoms with Crippen LogP contribution >= 0.6 is 11.3 Å². The number of Topliss-reactive ketones (excluding diaryl/α,β-unsaturated/α-hetero) is 1. The van der Waals surface area contributed by atoms with Crippen molar-refractivity contribution in [1.29, 1.82) is 0 Å². The summed E-state index contributed by atoms with van der Waals surface area (Å²) in [5, 5.41) is 10.4. The van der Waals surface area contributed by atoms with E-state index in [9.17, 15) is 9.59 Å². The van der Waals surface area contributed by atoms with Crippen molar-refractivity contribution in [3.05, 3.63) is 22.4 Å². The van der Waals surface area contributed by atoms with Crippen LogP contribution in [-0.2, 0) is 4.79 Å². The lowest BCUT2D eigenvalue weighted by Gasteiger charge is -2.05. The molecule has 1 aromatic rings. The molecule has 0 saturated carbocycles. The van der Waals surface area contributed by atoms with E-state index in [0.29, 0.717) is 11.3 Å². The Bertz CT molecular complexity index is 316. The van der Waals surface area contributed by atoms with Gasteiger partial charge in [0.1, 0.15) is 0 Å². The lowest BCUT2D eigenvalue weighted by molar-refractivity contribution is -0.137. The molecule has 0 spiro atoms. The Morgan fingerprint density at radius 2 is 2.21 bits per heavy atom. The Morgan fingerprint density at radius 3 is 2.71 bits per heavy atom. The number of thiophene rings is 1. The summed E-state index contributed by atoms with van der Waals surface area (Å²) in [6.07, 6.45) is 0.365. The fourth-order valence-corrected chi connectivity index (χ4v) is 1.90. The van der Waals surface area contributed by atoms with E-state index < -0.39 is 5.97 Å². The van der Waals surface area contributed by atoms with E-state index in [1.807, 2.05) is 11.4 Å². The first-order valence-electron chi connectivity index (χ1n) is 4.38. The first-order chi connectivity index (χ1) is 6.59. The monoisotopic (exact) mass is 212 g/mol. The van der Waals surface area contributed by atoms with Crippen LogP contribution in [0, 0.1) is 5.92 Å². The smallest absolute Gasteiger partial charge is 0.303 e. The molecule has 1 unspecified atom stereocenters. The second-order valence-corrected chi connectivity index (χ2v) is 4.26. The first-order valence-corrected chi connectivity index (χ1v) is 5.26. The zero-order valence-electron chi connectivity index (χ0n) is 7.90. The van der Waals surface area contributed by atoms with Gasteiger partial charge >= 0.3 is 5.97 Å². The molecule has 0 bridgehead atoms. The van der Waals surface area contributed by atoms with E-state index in [2.05, 4.69) is 0 Å². The highest BCUT2D eigenvalue weighted by Crippen LogP contribution is 2.16. The Hall–Kier alpha value is -1.16. The molecule has 0 amide bonds. The van der Waals surface area contributed by atoms with Gasteiger partial charge in [-0.05, 0) is 17.4 Å². The van der Waals surface area contributed by atoms with E-state index in [1.165, 1.54) is 11.3 Å². The molecule has 3 nitrogen and oxygen atoms in total. The maximum absolute atomic E-state index is 11.5. The summed E-state index contributed by atoms with van der Waals surface area (Å²) in [4.78, 5) is 22.6. The van der Waals surface area contributed by atoms with Crippen LogP contribution in [0.4, 0.5) is 0 Å². The van der Waals surface area contributed by atoms with Crippen molar-refractivity contribution < 1.29 is 14.7 Å². The number of carbonyl (C=O) groups excluding carboxylic acids is 1. The summed E-state index contributed by atoms with van der Waals surface area (Å²) >= 11 is 1.39. The Balaban J connectivity index is 2.45. The second kappa shape index (κ2) is 4.91. The number of carboxylic acids is 1. The molecule has 1 heterocycles. The van der Waals surface area contributed by atoms with E-state index in [4.69, 9.17) is 5.11 Å². The van der Waals surface area contributed by atoms with Crippen molar-refractivity contribution in [3.63, 3.8) is 0 Å². The maximum Gasteiger partial charge on any atom is 0.303 e. The van der Waals surface area contributed by atoms with E-state index in [-0.39, 0.29) is 18.1 Å². The molecule has 0 fully saturated rings. The molecule has 0 aliphatic heterocycles. The van der Waals surface area contributed by atoms with Crippen LogP contribution in [0.3, 0.4) is 0 Å². The molecule has 1 N–H and O–H groups in total. The minimum Gasteiger partial charge on any atom is -0.481 e. The van der Waals surface area contributed by atoms with Crippen molar-refractivity contribution >= 4 is 23.1 Å². The average Bonchev–Trinajstić information content (AvgIpc) is 2.53. The average molecular weight is 212 g/mol. The van der Waals surface area contributed by atoms with E-state index in [0.717, 1.165) is 0 Å². The van der Waals surface area contributed by atoms with Gasteiger partial charge in [0.25, 0.3) is 0 Å². The van der Waals surface area contributed by atoms with Crippen molar-refractivity contribution in [2.45, 2.75) is 19.8 Å². The zero-order chi connectivity index (χ0) is 10.6. The third-order valence-electron chi connectivity index (χ3n) is 1.85. The van der Waals surface area contributed by atoms with Gasteiger partial charge < -0.3 is 5.11 Å². The standard InChI is InChI=1S/C10H12O3S/c1-7(6-10(12)13)5-8(11)9-3-2-4-14-9/h2-4,7H,5-6H2,1H3,(H,12,13). The largest absolute Gasteiger partial charge is 0.481 e. The van der Waals surface area contributed by atoms with Crippen molar-refractivity contribution in [1.82, 2.24) is 0 Å². The number of rotatable bonds is 5. The van der Waals surface area contributed by atoms with E-state index >= 15 is 0 Å². The van der Waals surface area contributed by atoms with Crippen LogP contribution in [0.5, 0.6) is 0 Å². The summed E-state index contributed by atoms with van der Waals surface area (Å²) < 4.78 is 0. The summed E-state index contributed by atoms with van der Waals surface area (Å²) in [6, 6.07) is 3.58. The van der Waals surface area contributed by atoms with Gasteiger partial charge in [-0.1, -0.05) is 13.0 Å². The fraction of sp³-hybridized carbons (Fsp3) is 0.400. The van der Waals surface area contributed by atoms with Crippen LogP contribution in [-0.4, -0.2) is 16.9 Å². The number of carboxylic acid groups (broad SMARTS) is 1. The molecule has 0 aromatic carbocycles. The third-order valence-corrected chi connectivity index (χ3v) is 2.76. The fourth-order valence-electron chi connectivity index (χ4n) is 1.22. The minimum atomic E-state index is -0.850. The summed E-state index contributed by atoms with van der Waals surface area (Å²) in [6.45, 7) is 1.78. The topological polar surface area (TPSA) is 54.4 Å². The molecule has 76 valence electrons. The van der Waals surface area contributed by atoms with Gasteiger partial charge in [-0.2, -0.15) is 0 Å².